The van der Waals surface area contributed by atoms with Gasteiger partial charge in [-0.25, -0.2) is 17.9 Å². The highest BCUT2D eigenvalue weighted by molar-refractivity contribution is 7.89. The van der Waals surface area contributed by atoms with Crippen LogP contribution in [0, 0.1) is 6.92 Å². The zero-order valence-electron chi connectivity index (χ0n) is 19.0. The molecular formula is C23H30ClNO5S. The molecule has 2 aromatic rings. The second-order valence-electron chi connectivity index (χ2n) is 9.35. The molecule has 0 unspecified atom stereocenters. The molecule has 0 radical (unpaired) electrons. The number of sulfonamides is 1. The van der Waals surface area contributed by atoms with E-state index in [1.807, 2.05) is 6.92 Å². The minimum Gasteiger partial charge on any atom is -0.481 e. The van der Waals surface area contributed by atoms with E-state index < -0.39 is 27.1 Å². The molecule has 0 fully saturated rings. The van der Waals surface area contributed by atoms with Gasteiger partial charge >= 0.3 is 5.97 Å². The number of esters is 1. The fourth-order valence-electron chi connectivity index (χ4n) is 2.87. The molecule has 0 aliphatic rings. The van der Waals surface area contributed by atoms with E-state index in [0.717, 1.165) is 5.56 Å². The third-order valence-electron chi connectivity index (χ3n) is 3.96. The number of carbonyl (C=O) groups excluding carboxylic acids is 1. The summed E-state index contributed by atoms with van der Waals surface area (Å²) in [5.74, 6) is -0.104. The zero-order chi connectivity index (χ0) is 23.6. The van der Waals surface area contributed by atoms with E-state index >= 15 is 0 Å². The quantitative estimate of drug-likeness (QED) is 0.597. The zero-order valence-corrected chi connectivity index (χ0v) is 20.6. The Kier molecular flexibility index (Phi) is 7.46. The van der Waals surface area contributed by atoms with E-state index in [9.17, 15) is 13.2 Å². The number of rotatable bonds is 6. The molecule has 31 heavy (non-hydrogen) atoms. The Bertz CT molecular complexity index is 1070. The summed E-state index contributed by atoms with van der Waals surface area (Å²) in [5.41, 5.74) is 0.809. The Hall–Kier alpha value is -2.09. The molecule has 6 nitrogen and oxygen atoms in total. The van der Waals surface area contributed by atoms with Gasteiger partial charge in [0.1, 0.15) is 11.4 Å². The fourth-order valence-corrected chi connectivity index (χ4v) is 4.48. The molecular weight excluding hydrogens is 438 g/mol. The fraction of sp³-hybridized carbons (Fsp3) is 0.435. The van der Waals surface area contributed by atoms with Crippen molar-refractivity contribution in [2.45, 2.75) is 64.5 Å². The number of halogens is 1. The number of carbonyl (C=O) groups is 1. The first kappa shape index (κ1) is 25.2. The molecule has 2 aromatic carbocycles. The van der Waals surface area contributed by atoms with Gasteiger partial charge in [-0.3, -0.25) is 0 Å². The monoisotopic (exact) mass is 467 g/mol. The van der Waals surface area contributed by atoms with Crippen LogP contribution in [-0.4, -0.2) is 32.1 Å². The van der Waals surface area contributed by atoms with Gasteiger partial charge in [0.2, 0.25) is 10.0 Å². The highest BCUT2D eigenvalue weighted by atomic mass is 35.5. The molecule has 0 aliphatic carbocycles. The average Bonchev–Trinajstić information content (AvgIpc) is 2.57. The normalized spacial score (nSPS) is 12.5. The summed E-state index contributed by atoms with van der Waals surface area (Å²) in [4.78, 5) is 12.2. The average molecular weight is 468 g/mol. The van der Waals surface area contributed by atoms with Crippen LogP contribution in [-0.2, 0) is 19.6 Å². The summed E-state index contributed by atoms with van der Waals surface area (Å²) in [7, 11) is -3.73. The van der Waals surface area contributed by atoms with E-state index in [0.29, 0.717) is 21.9 Å². The number of ether oxygens (including phenoxy) is 2. The molecule has 0 saturated heterocycles. The molecule has 8 heteroatoms. The third-order valence-corrected chi connectivity index (χ3v) is 5.95. The van der Waals surface area contributed by atoms with Crippen molar-refractivity contribution >= 4 is 27.6 Å². The van der Waals surface area contributed by atoms with Gasteiger partial charge < -0.3 is 9.47 Å². The van der Waals surface area contributed by atoms with Crippen LogP contribution < -0.4 is 9.46 Å². The van der Waals surface area contributed by atoms with Crippen molar-refractivity contribution in [1.29, 1.82) is 0 Å². The second-order valence-corrected chi connectivity index (χ2v) is 11.5. The lowest BCUT2D eigenvalue weighted by Gasteiger charge is -2.21. The van der Waals surface area contributed by atoms with Crippen LogP contribution in [0.25, 0.3) is 11.1 Å². The Morgan fingerprint density at radius 2 is 1.65 bits per heavy atom. The summed E-state index contributed by atoms with van der Waals surface area (Å²) >= 11 is 6.21. The van der Waals surface area contributed by atoms with Crippen molar-refractivity contribution in [3.63, 3.8) is 0 Å². The second kappa shape index (κ2) is 9.18. The smallest absolute Gasteiger partial charge is 0.344 e. The summed E-state index contributed by atoms with van der Waals surface area (Å²) in [6.45, 7) is 12.2. The minimum atomic E-state index is -3.73. The van der Waals surface area contributed by atoms with Crippen LogP contribution in [0.5, 0.6) is 5.75 Å². The van der Waals surface area contributed by atoms with E-state index in [-0.39, 0.29) is 11.5 Å². The van der Waals surface area contributed by atoms with E-state index in [2.05, 4.69) is 4.72 Å². The third kappa shape index (κ3) is 7.52. The first-order chi connectivity index (χ1) is 14.1. The van der Waals surface area contributed by atoms with Gasteiger partial charge in [0.25, 0.3) is 0 Å². The van der Waals surface area contributed by atoms with Gasteiger partial charge in [0, 0.05) is 16.1 Å². The molecule has 0 amide bonds. The first-order valence-corrected chi connectivity index (χ1v) is 11.7. The first-order valence-electron chi connectivity index (χ1n) is 9.87. The van der Waals surface area contributed by atoms with Crippen LogP contribution in [0.4, 0.5) is 0 Å². The number of hydrogen-bond donors (Lipinski definition) is 1. The molecule has 0 spiro atoms. The van der Waals surface area contributed by atoms with Gasteiger partial charge in [0.15, 0.2) is 6.61 Å². The summed E-state index contributed by atoms with van der Waals surface area (Å²) in [6.07, 6.45) is 0. The molecule has 0 saturated carbocycles. The maximum atomic E-state index is 12.8. The maximum absolute atomic E-state index is 12.8. The van der Waals surface area contributed by atoms with E-state index in [4.69, 9.17) is 21.1 Å². The molecule has 0 atom stereocenters. The Balaban J connectivity index is 2.44. The molecule has 170 valence electrons. The molecule has 1 N–H and O–H groups in total. The predicted octanol–water partition coefficient (Wildman–Crippen LogP) is 5.11. The van der Waals surface area contributed by atoms with E-state index in [1.165, 1.54) is 0 Å². The number of benzene rings is 2. The molecule has 0 aliphatic heterocycles. The SMILES string of the molecule is Cc1ccc(S(=O)(=O)NC(C)(C)C)cc1-c1cc(Cl)ccc1OCC(=O)OC(C)(C)C. The van der Waals surface area contributed by atoms with Crippen molar-refractivity contribution in [3.8, 4) is 16.9 Å². The molecule has 0 aromatic heterocycles. The lowest BCUT2D eigenvalue weighted by atomic mass is 10.00. The molecule has 0 heterocycles. The highest BCUT2D eigenvalue weighted by Crippen LogP contribution is 2.36. The van der Waals surface area contributed by atoms with Crippen molar-refractivity contribution in [2.24, 2.45) is 0 Å². The van der Waals surface area contributed by atoms with Crippen LogP contribution in [0.3, 0.4) is 0 Å². The van der Waals surface area contributed by atoms with Crippen LogP contribution >= 0.6 is 11.6 Å². The Morgan fingerprint density at radius 3 is 2.23 bits per heavy atom. The predicted molar refractivity (Wildman–Crippen MR) is 123 cm³/mol. The van der Waals surface area contributed by atoms with Crippen molar-refractivity contribution in [1.82, 2.24) is 4.72 Å². The number of hydrogen-bond acceptors (Lipinski definition) is 5. The van der Waals surface area contributed by atoms with E-state index in [1.54, 1.807) is 77.9 Å². The largest absolute Gasteiger partial charge is 0.481 e. The maximum Gasteiger partial charge on any atom is 0.344 e. The Morgan fingerprint density at radius 1 is 1.00 bits per heavy atom. The van der Waals surface area contributed by atoms with Crippen molar-refractivity contribution < 1.29 is 22.7 Å². The van der Waals surface area contributed by atoms with Gasteiger partial charge in [0.05, 0.1) is 4.90 Å². The number of nitrogens with one attached hydrogen (secondary N) is 1. The highest BCUT2D eigenvalue weighted by Gasteiger charge is 2.24. The molecule has 2 rings (SSSR count). The van der Waals surface area contributed by atoms with Crippen molar-refractivity contribution in [3.05, 3.63) is 47.0 Å². The van der Waals surface area contributed by atoms with Crippen LogP contribution in [0.1, 0.15) is 47.1 Å². The number of aryl methyl sites for hydroxylation is 1. The van der Waals surface area contributed by atoms with Gasteiger partial charge in [-0.15, -0.1) is 0 Å². The van der Waals surface area contributed by atoms with Gasteiger partial charge in [-0.1, -0.05) is 17.7 Å². The van der Waals surface area contributed by atoms with Crippen LogP contribution in [0.15, 0.2) is 41.3 Å². The topological polar surface area (TPSA) is 81.7 Å². The van der Waals surface area contributed by atoms with Crippen LogP contribution in [0.2, 0.25) is 5.02 Å². The Labute approximate surface area is 190 Å². The lowest BCUT2D eigenvalue weighted by Crippen LogP contribution is -2.40. The lowest BCUT2D eigenvalue weighted by molar-refractivity contribution is -0.157. The van der Waals surface area contributed by atoms with Gasteiger partial charge in [-0.05, 0) is 89.9 Å². The standard InChI is InChI=1S/C23H30ClNO5S/c1-15-8-10-17(31(27,28)25-22(2,3)4)13-18(15)19-12-16(24)9-11-20(19)29-14-21(26)30-23(5,6)7/h8-13,25H,14H2,1-7H3. The summed E-state index contributed by atoms with van der Waals surface area (Å²) < 4.78 is 39.3. The minimum absolute atomic E-state index is 0.126. The van der Waals surface area contributed by atoms with Gasteiger partial charge in [-0.2, -0.15) is 0 Å². The molecule has 0 bridgehead atoms. The van der Waals surface area contributed by atoms with Crippen molar-refractivity contribution in [2.75, 3.05) is 6.61 Å². The summed E-state index contributed by atoms with van der Waals surface area (Å²) in [6, 6.07) is 9.84. The summed E-state index contributed by atoms with van der Waals surface area (Å²) in [5, 5.41) is 0.458.